The number of hydrogen-bond donors (Lipinski definition) is 1. The molecular weight excluding hydrogens is 222 g/mol. The molecule has 0 aliphatic carbocycles. The second-order valence-electron chi connectivity index (χ2n) is 5.14. The Bertz CT molecular complexity index is 526. The lowest BCUT2D eigenvalue weighted by Gasteiger charge is -2.13. The molecule has 2 aromatic rings. The molecule has 0 saturated heterocycles. The molecule has 0 unspecified atom stereocenters. The van der Waals surface area contributed by atoms with Crippen LogP contribution in [-0.4, -0.2) is 16.1 Å². The summed E-state index contributed by atoms with van der Waals surface area (Å²) in [5, 5.41) is 3.41. The number of aryl methyl sites for hydroxylation is 2. The molecule has 0 spiro atoms. The molecule has 1 heterocycles. The van der Waals surface area contributed by atoms with E-state index in [-0.39, 0.29) is 0 Å². The zero-order valence-corrected chi connectivity index (χ0v) is 11.6. The average molecular weight is 243 g/mol. The number of anilines is 1. The highest BCUT2D eigenvalue weighted by Crippen LogP contribution is 2.19. The van der Waals surface area contributed by atoms with Crippen LogP contribution < -0.4 is 5.32 Å². The van der Waals surface area contributed by atoms with Crippen molar-refractivity contribution in [2.75, 3.05) is 11.9 Å². The first-order valence-electron chi connectivity index (χ1n) is 6.44. The van der Waals surface area contributed by atoms with Gasteiger partial charge in [0, 0.05) is 12.7 Å². The zero-order valence-electron chi connectivity index (χ0n) is 11.6. The molecule has 0 bridgehead atoms. The van der Waals surface area contributed by atoms with Gasteiger partial charge in [-0.05, 0) is 31.4 Å². The highest BCUT2D eigenvalue weighted by atomic mass is 15.2. The quantitative estimate of drug-likeness (QED) is 0.890. The zero-order chi connectivity index (χ0) is 13.1. The third-order valence-electron chi connectivity index (χ3n) is 2.87. The van der Waals surface area contributed by atoms with E-state index < -0.39 is 0 Å². The van der Waals surface area contributed by atoms with Crippen LogP contribution in [0.3, 0.4) is 0 Å². The molecule has 3 nitrogen and oxygen atoms in total. The molecular formula is C15H21N3. The average Bonchev–Trinajstić information content (AvgIpc) is 2.68. The molecule has 96 valence electrons. The molecule has 0 aliphatic rings. The van der Waals surface area contributed by atoms with Gasteiger partial charge >= 0.3 is 0 Å². The largest absolute Gasteiger partial charge is 0.355 e. The van der Waals surface area contributed by atoms with E-state index >= 15 is 0 Å². The Morgan fingerprint density at radius 1 is 1.22 bits per heavy atom. The number of aromatic nitrogens is 2. The molecule has 0 fully saturated rings. The van der Waals surface area contributed by atoms with E-state index in [2.05, 4.69) is 66.1 Å². The van der Waals surface area contributed by atoms with Gasteiger partial charge in [-0.2, -0.15) is 0 Å². The fourth-order valence-electron chi connectivity index (χ4n) is 1.94. The summed E-state index contributed by atoms with van der Waals surface area (Å²) in [6.45, 7) is 9.47. The lowest BCUT2D eigenvalue weighted by Crippen LogP contribution is -2.12. The van der Waals surface area contributed by atoms with Crippen molar-refractivity contribution in [3.63, 3.8) is 0 Å². The smallest absolute Gasteiger partial charge is 0.207 e. The molecule has 1 N–H and O–H groups in total. The normalized spacial score (nSPS) is 10.9. The van der Waals surface area contributed by atoms with Crippen LogP contribution in [0.15, 0.2) is 30.5 Å². The predicted octanol–water partition coefficient (Wildman–Crippen LogP) is 3.56. The van der Waals surface area contributed by atoms with Gasteiger partial charge in [0.2, 0.25) is 5.95 Å². The maximum absolute atomic E-state index is 4.55. The standard InChI is InChI=1S/C15H21N3/c1-11(2)9-16-15-17-13(4)10-18(15)14-8-6-5-7-12(14)3/h5-8,10-11H,9H2,1-4H3,(H,16,17). The van der Waals surface area contributed by atoms with E-state index in [1.807, 2.05) is 6.92 Å². The van der Waals surface area contributed by atoms with Crippen molar-refractivity contribution in [1.82, 2.24) is 9.55 Å². The topological polar surface area (TPSA) is 29.9 Å². The first kappa shape index (κ1) is 12.7. The molecule has 1 aromatic carbocycles. The summed E-state index contributed by atoms with van der Waals surface area (Å²) in [7, 11) is 0. The van der Waals surface area contributed by atoms with Crippen LogP contribution in [0.4, 0.5) is 5.95 Å². The van der Waals surface area contributed by atoms with Gasteiger partial charge in [0.15, 0.2) is 0 Å². The van der Waals surface area contributed by atoms with Gasteiger partial charge in [0.05, 0.1) is 11.4 Å². The first-order chi connectivity index (χ1) is 8.58. The lowest BCUT2D eigenvalue weighted by molar-refractivity contribution is 0.683. The van der Waals surface area contributed by atoms with Crippen LogP contribution in [-0.2, 0) is 0 Å². The summed E-state index contributed by atoms with van der Waals surface area (Å²) >= 11 is 0. The van der Waals surface area contributed by atoms with E-state index in [4.69, 9.17) is 0 Å². The second-order valence-corrected chi connectivity index (χ2v) is 5.14. The van der Waals surface area contributed by atoms with Gasteiger partial charge in [0.25, 0.3) is 0 Å². The number of nitrogens with one attached hydrogen (secondary N) is 1. The van der Waals surface area contributed by atoms with Gasteiger partial charge in [-0.15, -0.1) is 0 Å². The summed E-state index contributed by atoms with van der Waals surface area (Å²) in [6.07, 6.45) is 2.07. The highest BCUT2D eigenvalue weighted by Gasteiger charge is 2.09. The Hall–Kier alpha value is -1.77. The number of imidazole rings is 1. The lowest BCUT2D eigenvalue weighted by atomic mass is 10.2. The molecule has 2 rings (SSSR count). The number of para-hydroxylation sites is 1. The third-order valence-corrected chi connectivity index (χ3v) is 2.87. The Morgan fingerprint density at radius 2 is 1.94 bits per heavy atom. The van der Waals surface area contributed by atoms with Crippen LogP contribution in [0.2, 0.25) is 0 Å². The summed E-state index contributed by atoms with van der Waals surface area (Å²) in [6, 6.07) is 8.36. The molecule has 0 atom stereocenters. The van der Waals surface area contributed by atoms with Crippen molar-refractivity contribution in [2.45, 2.75) is 27.7 Å². The highest BCUT2D eigenvalue weighted by molar-refractivity contribution is 5.47. The van der Waals surface area contributed by atoms with E-state index in [0.717, 1.165) is 18.2 Å². The number of benzene rings is 1. The molecule has 0 aliphatic heterocycles. The SMILES string of the molecule is Cc1cn(-c2ccccc2C)c(NCC(C)C)n1. The minimum Gasteiger partial charge on any atom is -0.355 e. The van der Waals surface area contributed by atoms with E-state index in [0.29, 0.717) is 5.92 Å². The fraction of sp³-hybridized carbons (Fsp3) is 0.400. The maximum Gasteiger partial charge on any atom is 0.207 e. The van der Waals surface area contributed by atoms with Crippen LogP contribution in [0, 0.1) is 19.8 Å². The van der Waals surface area contributed by atoms with E-state index in [9.17, 15) is 0 Å². The fourth-order valence-corrected chi connectivity index (χ4v) is 1.94. The number of nitrogens with zero attached hydrogens (tertiary/aromatic N) is 2. The van der Waals surface area contributed by atoms with Crippen molar-refractivity contribution >= 4 is 5.95 Å². The Labute approximate surface area is 109 Å². The van der Waals surface area contributed by atoms with Gasteiger partial charge in [-0.3, -0.25) is 4.57 Å². The minimum absolute atomic E-state index is 0.604. The second kappa shape index (κ2) is 5.25. The molecule has 0 amide bonds. The maximum atomic E-state index is 4.55. The van der Waals surface area contributed by atoms with Crippen LogP contribution in [0.1, 0.15) is 25.1 Å². The van der Waals surface area contributed by atoms with Gasteiger partial charge < -0.3 is 5.32 Å². The molecule has 18 heavy (non-hydrogen) atoms. The van der Waals surface area contributed by atoms with Crippen molar-refractivity contribution in [1.29, 1.82) is 0 Å². The van der Waals surface area contributed by atoms with Crippen molar-refractivity contribution in [3.8, 4) is 5.69 Å². The number of hydrogen-bond acceptors (Lipinski definition) is 2. The molecule has 1 aromatic heterocycles. The molecule has 3 heteroatoms. The van der Waals surface area contributed by atoms with Crippen molar-refractivity contribution in [2.24, 2.45) is 5.92 Å². The third kappa shape index (κ3) is 2.73. The van der Waals surface area contributed by atoms with Crippen molar-refractivity contribution in [3.05, 3.63) is 41.7 Å². The minimum atomic E-state index is 0.604. The van der Waals surface area contributed by atoms with Gasteiger partial charge in [-0.25, -0.2) is 4.98 Å². The van der Waals surface area contributed by atoms with Crippen LogP contribution in [0.25, 0.3) is 5.69 Å². The summed E-state index contributed by atoms with van der Waals surface area (Å²) < 4.78 is 2.13. The number of rotatable bonds is 4. The summed E-state index contributed by atoms with van der Waals surface area (Å²) in [4.78, 5) is 4.55. The molecule has 0 saturated carbocycles. The Morgan fingerprint density at radius 3 is 2.61 bits per heavy atom. The van der Waals surface area contributed by atoms with Gasteiger partial charge in [0.1, 0.15) is 0 Å². The van der Waals surface area contributed by atoms with E-state index in [1.54, 1.807) is 0 Å². The van der Waals surface area contributed by atoms with Crippen LogP contribution in [0.5, 0.6) is 0 Å². The summed E-state index contributed by atoms with van der Waals surface area (Å²) in [5.41, 5.74) is 3.47. The Balaban J connectivity index is 2.36. The monoisotopic (exact) mass is 243 g/mol. The first-order valence-corrected chi connectivity index (χ1v) is 6.44. The van der Waals surface area contributed by atoms with Crippen molar-refractivity contribution < 1.29 is 0 Å². The predicted molar refractivity (Wildman–Crippen MR) is 76.4 cm³/mol. The molecule has 0 radical (unpaired) electrons. The van der Waals surface area contributed by atoms with Crippen LogP contribution >= 0.6 is 0 Å². The summed E-state index contributed by atoms with van der Waals surface area (Å²) in [5.74, 6) is 1.53. The Kier molecular flexibility index (Phi) is 3.70. The van der Waals surface area contributed by atoms with Gasteiger partial charge in [-0.1, -0.05) is 32.0 Å². The van der Waals surface area contributed by atoms with E-state index in [1.165, 1.54) is 11.3 Å².